The van der Waals surface area contributed by atoms with Crippen molar-refractivity contribution in [1.82, 2.24) is 10.3 Å². The largest absolute Gasteiger partial charge is 0.480 e. The summed E-state index contributed by atoms with van der Waals surface area (Å²) in [7, 11) is 0. The molecular formula is C23H18Br2N2O4. The van der Waals surface area contributed by atoms with E-state index >= 15 is 0 Å². The molecule has 1 unspecified atom stereocenters. The number of carboxylic acids is 1. The zero-order chi connectivity index (χ0) is 22.0. The predicted octanol–water partition coefficient (Wildman–Crippen LogP) is 5.14. The fraction of sp³-hybridized carbons (Fsp3) is 0.174. The van der Waals surface area contributed by atoms with Crippen molar-refractivity contribution in [3.63, 3.8) is 0 Å². The molecule has 0 spiro atoms. The van der Waals surface area contributed by atoms with Crippen molar-refractivity contribution in [3.8, 4) is 11.1 Å². The van der Waals surface area contributed by atoms with Crippen LogP contribution in [0, 0.1) is 0 Å². The van der Waals surface area contributed by atoms with E-state index in [0.717, 1.165) is 26.7 Å². The Morgan fingerprint density at radius 2 is 1.68 bits per heavy atom. The molecule has 158 valence electrons. The van der Waals surface area contributed by atoms with Crippen LogP contribution in [0.4, 0.5) is 4.79 Å². The Balaban J connectivity index is 1.44. The normalized spacial score (nSPS) is 13.2. The summed E-state index contributed by atoms with van der Waals surface area (Å²) in [6.45, 7) is 0.117. The molecule has 4 rings (SSSR count). The molecule has 0 saturated heterocycles. The van der Waals surface area contributed by atoms with Crippen LogP contribution in [-0.2, 0) is 16.0 Å². The van der Waals surface area contributed by atoms with Gasteiger partial charge in [0.15, 0.2) is 0 Å². The predicted molar refractivity (Wildman–Crippen MR) is 123 cm³/mol. The molecular weight excluding hydrogens is 528 g/mol. The van der Waals surface area contributed by atoms with Crippen molar-refractivity contribution in [3.05, 3.63) is 86.6 Å². The third-order valence-electron chi connectivity index (χ3n) is 5.22. The number of halogens is 2. The third-order valence-corrected chi connectivity index (χ3v) is 6.34. The van der Waals surface area contributed by atoms with Crippen molar-refractivity contribution in [2.24, 2.45) is 0 Å². The third kappa shape index (κ3) is 4.65. The first-order valence-corrected chi connectivity index (χ1v) is 11.2. The number of rotatable bonds is 6. The number of ether oxygens (including phenoxy) is 1. The summed E-state index contributed by atoms with van der Waals surface area (Å²) in [6, 6.07) is 16.7. The lowest BCUT2D eigenvalue weighted by atomic mass is 9.98. The summed E-state index contributed by atoms with van der Waals surface area (Å²) in [4.78, 5) is 28.3. The van der Waals surface area contributed by atoms with E-state index in [9.17, 15) is 14.7 Å². The summed E-state index contributed by atoms with van der Waals surface area (Å²) in [5.41, 5.74) is 4.96. The van der Waals surface area contributed by atoms with Crippen LogP contribution < -0.4 is 5.32 Å². The Hall–Kier alpha value is -2.71. The summed E-state index contributed by atoms with van der Waals surface area (Å²) in [6.07, 6.45) is 0.821. The molecule has 31 heavy (non-hydrogen) atoms. The van der Waals surface area contributed by atoms with Crippen molar-refractivity contribution in [1.29, 1.82) is 0 Å². The van der Waals surface area contributed by atoms with Crippen LogP contribution in [0.1, 0.15) is 22.7 Å². The van der Waals surface area contributed by atoms with E-state index in [0.29, 0.717) is 10.2 Å². The van der Waals surface area contributed by atoms with E-state index in [4.69, 9.17) is 4.74 Å². The number of aromatic nitrogens is 1. The standard InChI is InChI=1S/C23H18Br2N2O4/c24-13-9-19(25)20(26-11-13)10-21(22(28)29)27-23(30)31-12-18-16-7-3-1-5-14(16)15-6-2-4-8-17(15)18/h1-9,11,18,21H,10,12H2,(H,27,30)(H,28,29). The number of pyridine rings is 1. The molecule has 0 bridgehead atoms. The van der Waals surface area contributed by atoms with Gasteiger partial charge in [0.2, 0.25) is 0 Å². The van der Waals surface area contributed by atoms with E-state index in [1.54, 1.807) is 12.3 Å². The van der Waals surface area contributed by atoms with Crippen LogP contribution in [0.25, 0.3) is 11.1 Å². The lowest BCUT2D eigenvalue weighted by Crippen LogP contribution is -2.43. The first-order valence-electron chi connectivity index (χ1n) is 9.58. The van der Waals surface area contributed by atoms with Gasteiger partial charge in [-0.2, -0.15) is 0 Å². The maximum absolute atomic E-state index is 12.4. The second-order valence-electron chi connectivity index (χ2n) is 7.15. The maximum atomic E-state index is 12.4. The molecule has 0 radical (unpaired) electrons. The fourth-order valence-electron chi connectivity index (χ4n) is 3.77. The minimum Gasteiger partial charge on any atom is -0.480 e. The molecule has 3 aromatic rings. The van der Waals surface area contributed by atoms with Gasteiger partial charge < -0.3 is 15.2 Å². The maximum Gasteiger partial charge on any atom is 0.407 e. The quantitative estimate of drug-likeness (QED) is 0.447. The Morgan fingerprint density at radius 1 is 1.06 bits per heavy atom. The zero-order valence-electron chi connectivity index (χ0n) is 16.2. The minimum absolute atomic E-state index is 0.0212. The van der Waals surface area contributed by atoms with Crippen LogP contribution in [-0.4, -0.2) is 34.8 Å². The Bertz CT molecular complexity index is 1110. The van der Waals surface area contributed by atoms with Gasteiger partial charge in [-0.1, -0.05) is 48.5 Å². The van der Waals surface area contributed by atoms with Gasteiger partial charge in [-0.05, 0) is 60.2 Å². The van der Waals surface area contributed by atoms with Gasteiger partial charge in [0, 0.05) is 27.5 Å². The molecule has 1 heterocycles. The minimum atomic E-state index is -1.17. The first kappa shape index (κ1) is 21.5. The summed E-state index contributed by atoms with van der Waals surface area (Å²) in [5.74, 6) is -1.26. The summed E-state index contributed by atoms with van der Waals surface area (Å²) < 4.78 is 6.87. The molecule has 0 aliphatic heterocycles. The van der Waals surface area contributed by atoms with Gasteiger partial charge in [-0.15, -0.1) is 0 Å². The molecule has 2 N–H and O–H groups in total. The van der Waals surface area contributed by atoms with E-state index in [1.807, 2.05) is 36.4 Å². The molecule has 1 aliphatic carbocycles. The van der Waals surface area contributed by atoms with Gasteiger partial charge in [0.1, 0.15) is 12.6 Å². The smallest absolute Gasteiger partial charge is 0.407 e. The van der Waals surface area contributed by atoms with Crippen molar-refractivity contribution < 1.29 is 19.4 Å². The van der Waals surface area contributed by atoms with Crippen molar-refractivity contribution >= 4 is 43.9 Å². The molecule has 1 aromatic heterocycles. The van der Waals surface area contributed by atoms with Crippen molar-refractivity contribution in [2.45, 2.75) is 18.4 Å². The number of aliphatic carboxylic acids is 1. The number of alkyl carbamates (subject to hydrolysis) is 1. The fourth-order valence-corrected chi connectivity index (χ4v) is 4.92. The van der Waals surface area contributed by atoms with E-state index in [-0.39, 0.29) is 18.9 Å². The molecule has 8 heteroatoms. The second-order valence-corrected chi connectivity index (χ2v) is 8.92. The number of nitrogens with one attached hydrogen (secondary N) is 1. The van der Waals surface area contributed by atoms with Gasteiger partial charge in [0.25, 0.3) is 0 Å². The van der Waals surface area contributed by atoms with Crippen LogP contribution >= 0.6 is 31.9 Å². The van der Waals surface area contributed by atoms with E-state index in [1.165, 1.54) is 0 Å². The number of nitrogens with zero attached hydrogens (tertiary/aromatic N) is 1. The van der Waals surface area contributed by atoms with E-state index in [2.05, 4.69) is 54.3 Å². The first-order chi connectivity index (χ1) is 14.9. The lowest BCUT2D eigenvalue weighted by molar-refractivity contribution is -0.139. The Morgan fingerprint density at radius 3 is 2.26 bits per heavy atom. The summed E-state index contributed by atoms with van der Waals surface area (Å²) >= 11 is 6.68. The van der Waals surface area contributed by atoms with Gasteiger partial charge in [-0.25, -0.2) is 9.59 Å². The highest BCUT2D eigenvalue weighted by atomic mass is 79.9. The number of carbonyl (C=O) groups excluding carboxylic acids is 1. The Kier molecular flexibility index (Phi) is 6.38. The van der Waals surface area contributed by atoms with Gasteiger partial charge in [0.05, 0.1) is 5.69 Å². The van der Waals surface area contributed by atoms with Crippen molar-refractivity contribution in [2.75, 3.05) is 6.61 Å². The number of carboxylic acid groups (broad SMARTS) is 1. The number of hydrogen-bond acceptors (Lipinski definition) is 4. The zero-order valence-corrected chi connectivity index (χ0v) is 19.4. The molecule has 1 amide bonds. The van der Waals surface area contributed by atoms with Crippen LogP contribution in [0.15, 0.2) is 69.7 Å². The highest BCUT2D eigenvalue weighted by Gasteiger charge is 2.30. The monoisotopic (exact) mass is 544 g/mol. The van der Waals surface area contributed by atoms with Crippen LogP contribution in [0.3, 0.4) is 0 Å². The number of amides is 1. The average Bonchev–Trinajstić information content (AvgIpc) is 3.07. The van der Waals surface area contributed by atoms with Gasteiger partial charge >= 0.3 is 12.1 Å². The van der Waals surface area contributed by atoms with Gasteiger partial charge in [-0.3, -0.25) is 4.98 Å². The van der Waals surface area contributed by atoms with Crippen LogP contribution in [0.5, 0.6) is 0 Å². The molecule has 1 atom stereocenters. The number of hydrogen-bond donors (Lipinski definition) is 2. The number of fused-ring (bicyclic) bond motifs is 3. The Labute approximate surface area is 195 Å². The highest BCUT2D eigenvalue weighted by Crippen LogP contribution is 2.44. The number of carbonyl (C=O) groups is 2. The topological polar surface area (TPSA) is 88.5 Å². The van der Waals surface area contributed by atoms with Crippen LogP contribution in [0.2, 0.25) is 0 Å². The highest BCUT2D eigenvalue weighted by molar-refractivity contribution is 9.11. The molecule has 6 nitrogen and oxygen atoms in total. The SMILES string of the molecule is O=C(NC(Cc1ncc(Br)cc1Br)C(=O)O)OCC1c2ccccc2-c2ccccc21. The lowest BCUT2D eigenvalue weighted by Gasteiger charge is -2.17. The molecule has 0 fully saturated rings. The molecule has 0 saturated carbocycles. The number of benzene rings is 2. The van der Waals surface area contributed by atoms with E-state index < -0.39 is 18.1 Å². The molecule has 1 aliphatic rings. The molecule has 2 aromatic carbocycles. The second kappa shape index (κ2) is 9.20. The summed E-state index contributed by atoms with van der Waals surface area (Å²) in [5, 5.41) is 12.0. The average molecular weight is 546 g/mol.